The Bertz CT molecular complexity index is 1100. The maximum atomic E-state index is 13.8. The molecule has 0 aromatic heterocycles. The normalized spacial score (nSPS) is 18.1. The van der Waals surface area contributed by atoms with Crippen LogP contribution in [0, 0.1) is 5.82 Å². The van der Waals surface area contributed by atoms with Crippen molar-refractivity contribution < 1.29 is 23.9 Å². The van der Waals surface area contributed by atoms with E-state index in [9.17, 15) is 23.9 Å². The quantitative estimate of drug-likeness (QED) is 0.584. The number of hydrogen-bond acceptors (Lipinski definition) is 7. The van der Waals surface area contributed by atoms with Crippen LogP contribution in [0.4, 0.5) is 14.9 Å². The second-order valence-corrected chi connectivity index (χ2v) is 8.98. The number of aromatic hydroxyl groups is 1. The summed E-state index contributed by atoms with van der Waals surface area (Å²) in [5.41, 5.74) is 1.27. The summed E-state index contributed by atoms with van der Waals surface area (Å²) < 4.78 is 13.8. The fourth-order valence-electron chi connectivity index (χ4n) is 3.82. The maximum Gasteiger partial charge on any atom is 0.293 e. The van der Waals surface area contributed by atoms with Gasteiger partial charge in [-0.3, -0.25) is 24.2 Å². The van der Waals surface area contributed by atoms with Gasteiger partial charge < -0.3 is 15.3 Å². The molecule has 2 aromatic rings. The van der Waals surface area contributed by atoms with Gasteiger partial charge in [-0.05, 0) is 48.2 Å². The third-order valence-corrected chi connectivity index (χ3v) is 6.58. The van der Waals surface area contributed by atoms with E-state index in [-0.39, 0.29) is 41.8 Å². The number of anilines is 1. The number of nitrogens with one attached hydrogen (secondary N) is 1. The van der Waals surface area contributed by atoms with E-state index in [1.807, 2.05) is 17.0 Å². The number of phenolic OH excluding ortho intramolecular Hbond substituents is 1. The first kappa shape index (κ1) is 23.8. The number of halogens is 1. The van der Waals surface area contributed by atoms with Crippen molar-refractivity contribution in [3.63, 3.8) is 0 Å². The van der Waals surface area contributed by atoms with E-state index in [0.29, 0.717) is 0 Å². The number of imide groups is 1. The third-order valence-electron chi connectivity index (χ3n) is 5.68. The Labute approximate surface area is 201 Å². The van der Waals surface area contributed by atoms with Crippen LogP contribution in [0.3, 0.4) is 0 Å². The number of nitrogens with zero attached hydrogens (tertiary/aromatic N) is 3. The summed E-state index contributed by atoms with van der Waals surface area (Å²) in [6.45, 7) is 3.41. The molecule has 0 spiro atoms. The van der Waals surface area contributed by atoms with E-state index in [4.69, 9.17) is 0 Å². The Morgan fingerprint density at radius 2 is 1.76 bits per heavy atom. The predicted molar refractivity (Wildman–Crippen MR) is 129 cm³/mol. The molecule has 0 aliphatic carbocycles. The second kappa shape index (κ2) is 10.7. The van der Waals surface area contributed by atoms with Gasteiger partial charge in [-0.25, -0.2) is 4.39 Å². The van der Waals surface area contributed by atoms with Crippen LogP contribution in [0.25, 0.3) is 6.08 Å². The molecular formula is C24H25FN4O4S. The minimum absolute atomic E-state index is 0.0552. The van der Waals surface area contributed by atoms with Crippen LogP contribution in [0.1, 0.15) is 5.56 Å². The summed E-state index contributed by atoms with van der Waals surface area (Å²) in [6, 6.07) is 13.1. The predicted octanol–water partition coefficient (Wildman–Crippen LogP) is 2.51. The average molecular weight is 485 g/mol. The lowest BCUT2D eigenvalue weighted by Gasteiger charge is -2.35. The molecule has 10 heteroatoms. The molecule has 3 amide bonds. The molecule has 8 nitrogen and oxygen atoms in total. The summed E-state index contributed by atoms with van der Waals surface area (Å²) in [5, 5.41) is 11.7. The number of amides is 3. The molecule has 2 heterocycles. The topological polar surface area (TPSA) is 93.2 Å². The molecular weight excluding hydrogens is 459 g/mol. The summed E-state index contributed by atoms with van der Waals surface area (Å²) >= 11 is 0.764. The Morgan fingerprint density at radius 1 is 1.06 bits per heavy atom. The molecule has 34 heavy (non-hydrogen) atoms. The number of carbonyl (C=O) groups is 3. The van der Waals surface area contributed by atoms with Gasteiger partial charge >= 0.3 is 0 Å². The molecule has 0 radical (unpaired) electrons. The summed E-state index contributed by atoms with van der Waals surface area (Å²) in [5.74, 6) is -0.900. The monoisotopic (exact) mass is 484 g/mol. The maximum absolute atomic E-state index is 13.8. The van der Waals surface area contributed by atoms with Crippen molar-refractivity contribution >= 4 is 40.6 Å². The highest BCUT2D eigenvalue weighted by Crippen LogP contribution is 2.32. The minimum Gasteiger partial charge on any atom is -0.508 e. The fourth-order valence-corrected chi connectivity index (χ4v) is 4.68. The molecule has 0 unspecified atom stereocenters. The largest absolute Gasteiger partial charge is 0.508 e. The van der Waals surface area contributed by atoms with Crippen LogP contribution < -0.4 is 10.2 Å². The first-order chi connectivity index (χ1) is 16.4. The Kier molecular flexibility index (Phi) is 7.49. The van der Waals surface area contributed by atoms with Crippen LogP contribution in [-0.4, -0.2) is 77.8 Å². The van der Waals surface area contributed by atoms with Crippen molar-refractivity contribution in [2.45, 2.75) is 0 Å². The van der Waals surface area contributed by atoms with Gasteiger partial charge in [0.25, 0.3) is 11.1 Å². The number of rotatable bonds is 7. The van der Waals surface area contributed by atoms with Gasteiger partial charge in [0.15, 0.2) is 0 Å². The molecule has 4 rings (SSSR count). The smallest absolute Gasteiger partial charge is 0.293 e. The Balaban J connectivity index is 1.21. The van der Waals surface area contributed by atoms with Crippen LogP contribution in [0.2, 0.25) is 0 Å². The van der Waals surface area contributed by atoms with E-state index < -0.39 is 17.0 Å². The van der Waals surface area contributed by atoms with Crippen molar-refractivity contribution in [3.05, 3.63) is 64.8 Å². The van der Waals surface area contributed by atoms with E-state index in [0.717, 1.165) is 48.5 Å². The standard InChI is InChI=1S/C24H25FN4O4S/c25-20-4-2-1-3-17(20)15-21-23(32)29(24(33)34-21)10-9-26-22(31)16-27-11-13-28(14-12-27)18-5-7-19(30)8-6-18/h1-8,15,30H,9-14,16H2,(H,26,31)/b21-15-. The molecule has 0 saturated carbocycles. The number of phenols is 1. The first-order valence-electron chi connectivity index (χ1n) is 10.9. The van der Waals surface area contributed by atoms with Crippen LogP contribution in [0.5, 0.6) is 5.75 Å². The average Bonchev–Trinajstić information content (AvgIpc) is 3.09. The third kappa shape index (κ3) is 5.75. The van der Waals surface area contributed by atoms with Gasteiger partial charge in [0.1, 0.15) is 11.6 Å². The number of thioether (sulfide) groups is 1. The van der Waals surface area contributed by atoms with Crippen LogP contribution in [-0.2, 0) is 9.59 Å². The van der Waals surface area contributed by atoms with E-state index in [1.54, 1.807) is 24.3 Å². The lowest BCUT2D eigenvalue weighted by Crippen LogP contribution is -2.50. The van der Waals surface area contributed by atoms with Crippen LogP contribution in [0.15, 0.2) is 53.4 Å². The zero-order valence-corrected chi connectivity index (χ0v) is 19.3. The molecule has 2 aliphatic rings. The molecule has 0 bridgehead atoms. The minimum atomic E-state index is -0.488. The molecule has 0 atom stereocenters. The number of benzene rings is 2. The van der Waals surface area contributed by atoms with Gasteiger partial charge in [0.2, 0.25) is 5.91 Å². The molecule has 2 aliphatic heterocycles. The highest BCUT2D eigenvalue weighted by Gasteiger charge is 2.34. The van der Waals surface area contributed by atoms with Crippen molar-refractivity contribution in [2.75, 3.05) is 50.7 Å². The van der Waals surface area contributed by atoms with Crippen molar-refractivity contribution in [2.24, 2.45) is 0 Å². The lowest BCUT2D eigenvalue weighted by molar-refractivity contribution is -0.124. The van der Waals surface area contributed by atoms with Gasteiger partial charge in [-0.1, -0.05) is 18.2 Å². The van der Waals surface area contributed by atoms with E-state index in [2.05, 4.69) is 10.2 Å². The van der Waals surface area contributed by atoms with Crippen molar-refractivity contribution in [3.8, 4) is 5.75 Å². The summed E-state index contributed by atoms with van der Waals surface area (Å²) in [4.78, 5) is 42.6. The zero-order valence-electron chi connectivity index (χ0n) is 18.4. The zero-order chi connectivity index (χ0) is 24.1. The van der Waals surface area contributed by atoms with E-state index in [1.165, 1.54) is 18.2 Å². The lowest BCUT2D eigenvalue weighted by atomic mass is 10.2. The highest BCUT2D eigenvalue weighted by atomic mass is 32.2. The fraction of sp³-hybridized carbons (Fsp3) is 0.292. The molecule has 2 N–H and O–H groups in total. The van der Waals surface area contributed by atoms with E-state index >= 15 is 0 Å². The molecule has 178 valence electrons. The first-order valence-corrected chi connectivity index (χ1v) is 11.8. The van der Waals surface area contributed by atoms with Gasteiger partial charge in [0.05, 0.1) is 11.4 Å². The van der Waals surface area contributed by atoms with Crippen LogP contribution >= 0.6 is 11.8 Å². The molecule has 2 saturated heterocycles. The van der Waals surface area contributed by atoms with Gasteiger partial charge in [0, 0.05) is 50.5 Å². The Morgan fingerprint density at radius 3 is 2.47 bits per heavy atom. The summed E-state index contributed by atoms with van der Waals surface area (Å²) in [7, 11) is 0. The summed E-state index contributed by atoms with van der Waals surface area (Å²) in [6.07, 6.45) is 1.37. The number of piperazine rings is 1. The molecule has 2 aromatic carbocycles. The van der Waals surface area contributed by atoms with Crippen molar-refractivity contribution in [1.82, 2.24) is 15.1 Å². The number of carbonyl (C=O) groups excluding carboxylic acids is 3. The second-order valence-electron chi connectivity index (χ2n) is 7.98. The SMILES string of the molecule is O=C(CN1CCN(c2ccc(O)cc2)CC1)NCCN1C(=O)S/C(=C\c2ccccc2F)C1=O. The number of hydrogen-bond donors (Lipinski definition) is 2. The highest BCUT2D eigenvalue weighted by molar-refractivity contribution is 8.18. The molecule has 2 fully saturated rings. The van der Waals surface area contributed by atoms with Gasteiger partial charge in [-0.15, -0.1) is 0 Å². The Hall–Kier alpha value is -3.37. The van der Waals surface area contributed by atoms with Crippen molar-refractivity contribution in [1.29, 1.82) is 0 Å². The van der Waals surface area contributed by atoms with Gasteiger partial charge in [-0.2, -0.15) is 0 Å².